The normalized spacial score (nSPS) is 10.2. The van der Waals surface area contributed by atoms with Crippen LogP contribution >= 0.6 is 0 Å². The van der Waals surface area contributed by atoms with Crippen LogP contribution in [0.15, 0.2) is 12.1 Å². The maximum Gasteiger partial charge on any atom is 0.342 e. The largest absolute Gasteiger partial charge is 0.507 e. The molecular formula is C15H20O5. The van der Waals surface area contributed by atoms with Crippen LogP contribution in [0.1, 0.15) is 52.5 Å². The van der Waals surface area contributed by atoms with E-state index in [0.29, 0.717) is 12.0 Å². The SMILES string of the molecule is CCCCCc1ccc(O)c(C(=O)OC)c1C(=O)OC. The van der Waals surface area contributed by atoms with Gasteiger partial charge in [0.2, 0.25) is 0 Å². The molecule has 5 heteroatoms. The summed E-state index contributed by atoms with van der Waals surface area (Å²) in [6.07, 6.45) is 3.61. The van der Waals surface area contributed by atoms with E-state index < -0.39 is 11.9 Å². The maximum absolute atomic E-state index is 11.9. The van der Waals surface area contributed by atoms with Crippen LogP contribution in [0.3, 0.4) is 0 Å². The smallest absolute Gasteiger partial charge is 0.342 e. The van der Waals surface area contributed by atoms with Crippen molar-refractivity contribution in [2.75, 3.05) is 14.2 Å². The molecule has 0 heterocycles. The molecule has 0 saturated heterocycles. The van der Waals surface area contributed by atoms with Gasteiger partial charge in [0.05, 0.1) is 19.8 Å². The summed E-state index contributed by atoms with van der Waals surface area (Å²) >= 11 is 0. The Labute approximate surface area is 118 Å². The van der Waals surface area contributed by atoms with Gasteiger partial charge in [-0.25, -0.2) is 9.59 Å². The molecule has 20 heavy (non-hydrogen) atoms. The fourth-order valence-electron chi connectivity index (χ4n) is 2.05. The summed E-state index contributed by atoms with van der Waals surface area (Å²) in [5.41, 5.74) is 0.646. The Balaban J connectivity index is 3.30. The first-order valence-electron chi connectivity index (χ1n) is 6.58. The van der Waals surface area contributed by atoms with Crippen molar-refractivity contribution in [2.24, 2.45) is 0 Å². The van der Waals surface area contributed by atoms with Gasteiger partial charge in [0, 0.05) is 0 Å². The van der Waals surface area contributed by atoms with E-state index in [9.17, 15) is 14.7 Å². The Morgan fingerprint density at radius 1 is 1.05 bits per heavy atom. The van der Waals surface area contributed by atoms with Crippen molar-refractivity contribution >= 4 is 11.9 Å². The van der Waals surface area contributed by atoms with Crippen LogP contribution in [0, 0.1) is 0 Å². The third kappa shape index (κ3) is 3.50. The first-order valence-corrected chi connectivity index (χ1v) is 6.58. The maximum atomic E-state index is 11.9. The van der Waals surface area contributed by atoms with Gasteiger partial charge < -0.3 is 14.6 Å². The average Bonchev–Trinajstić information content (AvgIpc) is 2.46. The van der Waals surface area contributed by atoms with E-state index in [4.69, 9.17) is 4.74 Å². The highest BCUT2D eigenvalue weighted by Gasteiger charge is 2.25. The molecule has 0 spiro atoms. The number of ether oxygens (including phenoxy) is 2. The molecule has 0 aliphatic heterocycles. The van der Waals surface area contributed by atoms with Crippen molar-refractivity contribution < 1.29 is 24.2 Å². The predicted octanol–water partition coefficient (Wildman–Crippen LogP) is 2.70. The topological polar surface area (TPSA) is 72.8 Å². The van der Waals surface area contributed by atoms with Gasteiger partial charge in [0.15, 0.2) is 0 Å². The highest BCUT2D eigenvalue weighted by Crippen LogP contribution is 2.27. The molecule has 0 bridgehead atoms. The summed E-state index contributed by atoms with van der Waals surface area (Å²) in [7, 11) is 2.44. The number of rotatable bonds is 6. The fourth-order valence-corrected chi connectivity index (χ4v) is 2.05. The zero-order valence-electron chi connectivity index (χ0n) is 12.1. The number of hydrogen-bond donors (Lipinski definition) is 1. The second-order valence-corrected chi connectivity index (χ2v) is 4.43. The minimum atomic E-state index is -0.750. The van der Waals surface area contributed by atoms with Crippen molar-refractivity contribution in [3.8, 4) is 5.75 Å². The molecule has 0 fully saturated rings. The number of carbonyl (C=O) groups excluding carboxylic acids is 2. The van der Waals surface area contributed by atoms with Gasteiger partial charge in [-0.3, -0.25) is 0 Å². The van der Waals surface area contributed by atoms with E-state index in [1.807, 2.05) is 0 Å². The molecule has 110 valence electrons. The Bertz CT molecular complexity index is 493. The average molecular weight is 280 g/mol. The molecule has 1 N–H and O–H groups in total. The number of phenols is 1. The molecule has 1 aromatic rings. The molecule has 0 radical (unpaired) electrons. The third-order valence-electron chi connectivity index (χ3n) is 3.10. The molecular weight excluding hydrogens is 260 g/mol. The molecule has 0 unspecified atom stereocenters. The minimum Gasteiger partial charge on any atom is -0.507 e. The van der Waals surface area contributed by atoms with Crippen molar-refractivity contribution in [3.05, 3.63) is 28.8 Å². The number of phenolic OH excluding ortho intramolecular Hbond substituents is 1. The van der Waals surface area contributed by atoms with Gasteiger partial charge in [0.1, 0.15) is 11.3 Å². The molecule has 5 nitrogen and oxygen atoms in total. The summed E-state index contributed by atoms with van der Waals surface area (Å²) < 4.78 is 9.34. The second-order valence-electron chi connectivity index (χ2n) is 4.43. The standard InChI is InChI=1S/C15H20O5/c1-4-5-6-7-10-8-9-11(16)13(15(18)20-3)12(10)14(17)19-2/h8-9,16H,4-7H2,1-3H3. The van der Waals surface area contributed by atoms with Crippen LogP contribution in [0.2, 0.25) is 0 Å². The lowest BCUT2D eigenvalue weighted by atomic mass is 9.96. The van der Waals surface area contributed by atoms with Crippen LogP contribution in [-0.2, 0) is 15.9 Å². The number of unbranched alkanes of at least 4 members (excludes halogenated alkanes) is 2. The first-order chi connectivity index (χ1) is 9.56. The lowest BCUT2D eigenvalue weighted by molar-refractivity contribution is 0.0551. The summed E-state index contributed by atoms with van der Waals surface area (Å²) in [5, 5.41) is 9.82. The minimum absolute atomic E-state index is 0.0930. The number of hydrogen-bond acceptors (Lipinski definition) is 5. The molecule has 0 amide bonds. The Morgan fingerprint density at radius 3 is 2.20 bits per heavy atom. The van der Waals surface area contributed by atoms with Gasteiger partial charge in [-0.15, -0.1) is 0 Å². The van der Waals surface area contributed by atoms with Crippen molar-refractivity contribution in [3.63, 3.8) is 0 Å². The Kier molecular flexibility index (Phi) is 6.03. The molecule has 0 aliphatic carbocycles. The number of aryl methyl sites for hydroxylation is 1. The van der Waals surface area contributed by atoms with E-state index in [0.717, 1.165) is 19.3 Å². The second kappa shape index (κ2) is 7.53. The molecule has 0 atom stereocenters. The monoisotopic (exact) mass is 280 g/mol. The van der Waals surface area contributed by atoms with Gasteiger partial charge in [-0.05, 0) is 24.5 Å². The predicted molar refractivity (Wildman–Crippen MR) is 74.0 cm³/mol. The quantitative estimate of drug-likeness (QED) is 0.640. The number of benzene rings is 1. The van der Waals surface area contributed by atoms with Crippen molar-refractivity contribution in [2.45, 2.75) is 32.6 Å². The molecule has 0 saturated carbocycles. The van der Waals surface area contributed by atoms with Gasteiger partial charge in [-0.2, -0.15) is 0 Å². The van der Waals surface area contributed by atoms with E-state index in [2.05, 4.69) is 11.7 Å². The number of carbonyl (C=O) groups is 2. The molecule has 0 aliphatic rings. The highest BCUT2D eigenvalue weighted by molar-refractivity contribution is 6.06. The van der Waals surface area contributed by atoms with Crippen LogP contribution in [0.4, 0.5) is 0 Å². The summed E-state index contributed by atoms with van der Waals surface area (Å²) in [6.45, 7) is 2.08. The zero-order valence-corrected chi connectivity index (χ0v) is 12.1. The number of methoxy groups -OCH3 is 2. The van der Waals surface area contributed by atoms with Gasteiger partial charge in [-0.1, -0.05) is 25.8 Å². The highest BCUT2D eigenvalue weighted by atomic mass is 16.5. The number of aromatic hydroxyl groups is 1. The zero-order chi connectivity index (χ0) is 15.1. The number of esters is 2. The van der Waals surface area contributed by atoms with Gasteiger partial charge in [0.25, 0.3) is 0 Å². The van der Waals surface area contributed by atoms with Crippen LogP contribution in [0.5, 0.6) is 5.75 Å². The van der Waals surface area contributed by atoms with E-state index in [-0.39, 0.29) is 16.9 Å². The van der Waals surface area contributed by atoms with Crippen molar-refractivity contribution in [1.82, 2.24) is 0 Å². The molecule has 1 rings (SSSR count). The molecule has 1 aromatic carbocycles. The summed E-state index contributed by atoms with van der Waals surface area (Å²) in [6, 6.07) is 3.05. The van der Waals surface area contributed by atoms with Crippen molar-refractivity contribution in [1.29, 1.82) is 0 Å². The van der Waals surface area contributed by atoms with E-state index in [1.54, 1.807) is 6.07 Å². The first kappa shape index (κ1) is 16.0. The Morgan fingerprint density at radius 2 is 1.65 bits per heavy atom. The van der Waals surface area contributed by atoms with Crippen LogP contribution in [0.25, 0.3) is 0 Å². The Hall–Kier alpha value is -2.04. The summed E-state index contributed by atoms with van der Waals surface area (Å²) in [4.78, 5) is 23.7. The van der Waals surface area contributed by atoms with E-state index >= 15 is 0 Å². The summed E-state index contributed by atoms with van der Waals surface area (Å²) in [5.74, 6) is -1.68. The van der Waals surface area contributed by atoms with E-state index in [1.165, 1.54) is 20.3 Å². The lowest BCUT2D eigenvalue weighted by Crippen LogP contribution is -2.15. The molecule has 0 aromatic heterocycles. The third-order valence-corrected chi connectivity index (χ3v) is 3.10. The van der Waals surface area contributed by atoms with Crippen LogP contribution in [-0.4, -0.2) is 31.3 Å². The van der Waals surface area contributed by atoms with Crippen LogP contribution < -0.4 is 0 Å². The van der Waals surface area contributed by atoms with Gasteiger partial charge >= 0.3 is 11.9 Å². The lowest BCUT2D eigenvalue weighted by Gasteiger charge is -2.13. The fraction of sp³-hybridized carbons (Fsp3) is 0.467.